The second-order valence-corrected chi connectivity index (χ2v) is 9.75. The van der Waals surface area contributed by atoms with Crippen LogP contribution in [0.5, 0.6) is 5.75 Å². The van der Waals surface area contributed by atoms with E-state index < -0.39 is 15.6 Å². The molecule has 2 aliphatic heterocycles. The number of hydrazone groups is 1. The molecule has 1 aromatic rings. The number of rotatable bonds is 4. The average molecular weight is 426 g/mol. The zero-order valence-electron chi connectivity index (χ0n) is 17.0. The number of nitrogens with one attached hydrogen (secondary N) is 1. The summed E-state index contributed by atoms with van der Waals surface area (Å²) in [6, 6.07) is 5.58. The fraction of sp³-hybridized carbons (Fsp3) is 0.579. The molecule has 2 aliphatic rings. The molecule has 2 fully saturated rings. The van der Waals surface area contributed by atoms with Crippen molar-refractivity contribution in [2.75, 3.05) is 20.3 Å². The molecule has 0 spiro atoms. The predicted octanol–water partition coefficient (Wildman–Crippen LogP) is 2.13. The standard InChI is InChI=1S/C19H27N3O6S/c1-19(2,3)28-18(23)22-14-9-13(10-15(22)12-27-11-14)20-21-29(24,25)17-7-5-16(26-4)6-8-17/h5-8,14-15,21H,9-12H2,1-4H3. The Morgan fingerprint density at radius 2 is 1.76 bits per heavy atom. The molecule has 2 atom stereocenters. The molecule has 0 radical (unpaired) electrons. The molecule has 2 saturated heterocycles. The number of methoxy groups -OCH3 is 1. The van der Waals surface area contributed by atoms with Gasteiger partial charge in [-0.1, -0.05) is 0 Å². The van der Waals surface area contributed by atoms with Crippen LogP contribution in [-0.4, -0.2) is 63.1 Å². The molecular formula is C19H27N3O6S. The van der Waals surface area contributed by atoms with E-state index in [2.05, 4.69) is 9.93 Å². The third-order valence-electron chi connectivity index (χ3n) is 4.65. The number of amides is 1. The summed E-state index contributed by atoms with van der Waals surface area (Å²) in [7, 11) is -2.28. The van der Waals surface area contributed by atoms with Crippen LogP contribution in [0.1, 0.15) is 33.6 Å². The highest BCUT2D eigenvalue weighted by atomic mass is 32.2. The third kappa shape index (κ3) is 5.18. The van der Waals surface area contributed by atoms with Crippen molar-refractivity contribution in [1.29, 1.82) is 0 Å². The Balaban J connectivity index is 1.70. The molecule has 1 aromatic carbocycles. The first-order valence-corrected chi connectivity index (χ1v) is 10.9. The number of hydrogen-bond donors (Lipinski definition) is 1. The van der Waals surface area contributed by atoms with Crippen molar-refractivity contribution in [3.05, 3.63) is 24.3 Å². The number of nitrogens with zero attached hydrogens (tertiary/aromatic N) is 2. The number of benzene rings is 1. The monoisotopic (exact) mass is 425 g/mol. The van der Waals surface area contributed by atoms with Crippen molar-refractivity contribution in [3.8, 4) is 5.75 Å². The summed E-state index contributed by atoms with van der Waals surface area (Å²) >= 11 is 0. The van der Waals surface area contributed by atoms with Gasteiger partial charge in [-0.05, 0) is 45.0 Å². The van der Waals surface area contributed by atoms with Crippen LogP contribution in [0.15, 0.2) is 34.3 Å². The highest BCUT2D eigenvalue weighted by molar-refractivity contribution is 7.89. The number of morpholine rings is 1. The molecular weight excluding hydrogens is 398 g/mol. The first-order valence-electron chi connectivity index (χ1n) is 9.39. The number of fused-ring (bicyclic) bond motifs is 2. The first kappa shape index (κ1) is 21.4. The zero-order valence-corrected chi connectivity index (χ0v) is 17.9. The highest BCUT2D eigenvalue weighted by Crippen LogP contribution is 2.28. The molecule has 29 heavy (non-hydrogen) atoms. The van der Waals surface area contributed by atoms with Crippen LogP contribution in [-0.2, 0) is 19.5 Å². The van der Waals surface area contributed by atoms with E-state index >= 15 is 0 Å². The first-order chi connectivity index (χ1) is 13.6. The Kier molecular flexibility index (Phi) is 6.04. The van der Waals surface area contributed by atoms with Gasteiger partial charge in [0.1, 0.15) is 11.4 Å². The van der Waals surface area contributed by atoms with Crippen molar-refractivity contribution in [2.24, 2.45) is 5.10 Å². The number of carbonyl (C=O) groups excluding carboxylic acids is 1. The molecule has 0 aromatic heterocycles. The van der Waals surface area contributed by atoms with E-state index in [1.165, 1.54) is 19.2 Å². The van der Waals surface area contributed by atoms with Gasteiger partial charge >= 0.3 is 6.09 Å². The molecule has 160 valence electrons. The van der Waals surface area contributed by atoms with E-state index in [0.29, 0.717) is 37.5 Å². The van der Waals surface area contributed by atoms with Gasteiger partial charge in [0, 0.05) is 18.6 Å². The van der Waals surface area contributed by atoms with E-state index in [4.69, 9.17) is 14.2 Å². The number of ether oxygens (including phenoxy) is 3. The quantitative estimate of drug-likeness (QED) is 0.741. The topological polar surface area (TPSA) is 107 Å². The van der Waals surface area contributed by atoms with Gasteiger partial charge < -0.3 is 14.2 Å². The Labute approximate surface area is 171 Å². The van der Waals surface area contributed by atoms with Gasteiger partial charge in [-0.25, -0.2) is 9.63 Å². The van der Waals surface area contributed by atoms with Crippen LogP contribution in [0.4, 0.5) is 4.79 Å². The summed E-state index contributed by atoms with van der Waals surface area (Å²) in [5.41, 5.74) is 0.0920. The molecule has 10 heteroatoms. The maximum atomic E-state index is 12.6. The Morgan fingerprint density at radius 1 is 1.17 bits per heavy atom. The van der Waals surface area contributed by atoms with Crippen molar-refractivity contribution >= 4 is 21.8 Å². The summed E-state index contributed by atoms with van der Waals surface area (Å²) < 4.78 is 41.1. The maximum Gasteiger partial charge on any atom is 0.410 e. The molecule has 1 amide bonds. The van der Waals surface area contributed by atoms with Gasteiger partial charge in [0.2, 0.25) is 0 Å². The molecule has 3 rings (SSSR count). The molecule has 0 aliphatic carbocycles. The smallest absolute Gasteiger partial charge is 0.410 e. The lowest BCUT2D eigenvalue weighted by molar-refractivity contribution is -0.0629. The van der Waals surface area contributed by atoms with E-state index in [-0.39, 0.29) is 23.1 Å². The molecule has 2 bridgehead atoms. The van der Waals surface area contributed by atoms with Gasteiger partial charge in [0.05, 0.1) is 37.3 Å². The lowest BCUT2D eigenvalue weighted by atomic mass is 9.93. The van der Waals surface area contributed by atoms with Crippen LogP contribution < -0.4 is 9.57 Å². The van der Waals surface area contributed by atoms with Gasteiger partial charge in [-0.2, -0.15) is 13.5 Å². The van der Waals surface area contributed by atoms with E-state index in [9.17, 15) is 13.2 Å². The number of hydrogen-bond acceptors (Lipinski definition) is 7. The lowest BCUT2D eigenvalue weighted by Crippen LogP contribution is -2.60. The number of piperidine rings is 1. The summed E-state index contributed by atoms with van der Waals surface area (Å²) in [4.78, 5) is 16.7. The van der Waals surface area contributed by atoms with Gasteiger partial charge in [-0.15, -0.1) is 0 Å². The lowest BCUT2D eigenvalue weighted by Gasteiger charge is -2.45. The van der Waals surface area contributed by atoms with Gasteiger partial charge in [0.15, 0.2) is 0 Å². The van der Waals surface area contributed by atoms with Crippen LogP contribution in [0.25, 0.3) is 0 Å². The average Bonchev–Trinajstić information content (AvgIpc) is 2.64. The summed E-state index contributed by atoms with van der Waals surface area (Å²) in [5, 5.41) is 4.14. The SMILES string of the molecule is COc1ccc(S(=O)(=O)NN=C2CC3COCC(C2)N3C(=O)OC(C)(C)C)cc1. The fourth-order valence-electron chi connectivity index (χ4n) is 3.38. The summed E-state index contributed by atoms with van der Waals surface area (Å²) in [6.07, 6.45) is 0.454. The Hall–Kier alpha value is -2.33. The number of carbonyl (C=O) groups is 1. The van der Waals surface area contributed by atoms with E-state index in [1.807, 2.05) is 20.8 Å². The Morgan fingerprint density at radius 3 is 2.28 bits per heavy atom. The molecule has 1 N–H and O–H groups in total. The predicted molar refractivity (Wildman–Crippen MR) is 106 cm³/mol. The van der Waals surface area contributed by atoms with Gasteiger partial charge in [-0.3, -0.25) is 4.90 Å². The Bertz CT molecular complexity index is 860. The molecule has 0 saturated carbocycles. The van der Waals surface area contributed by atoms with E-state index in [0.717, 1.165) is 0 Å². The minimum Gasteiger partial charge on any atom is -0.497 e. The van der Waals surface area contributed by atoms with Crippen molar-refractivity contribution < 1.29 is 27.4 Å². The van der Waals surface area contributed by atoms with E-state index in [1.54, 1.807) is 17.0 Å². The van der Waals surface area contributed by atoms with Crippen LogP contribution in [0, 0.1) is 0 Å². The van der Waals surface area contributed by atoms with Crippen LogP contribution in [0.3, 0.4) is 0 Å². The molecule has 9 nitrogen and oxygen atoms in total. The minimum atomic E-state index is -3.79. The van der Waals surface area contributed by atoms with Crippen molar-refractivity contribution in [1.82, 2.24) is 9.73 Å². The zero-order chi connectivity index (χ0) is 21.2. The van der Waals surface area contributed by atoms with Gasteiger partial charge in [0.25, 0.3) is 10.0 Å². The van der Waals surface area contributed by atoms with Crippen molar-refractivity contribution in [3.63, 3.8) is 0 Å². The second kappa shape index (κ2) is 8.19. The third-order valence-corrected chi connectivity index (χ3v) is 5.87. The van der Waals surface area contributed by atoms with Crippen molar-refractivity contribution in [2.45, 2.75) is 56.2 Å². The largest absolute Gasteiger partial charge is 0.497 e. The maximum absolute atomic E-state index is 12.6. The molecule has 2 unspecified atom stereocenters. The van der Waals surface area contributed by atoms with Crippen LogP contribution >= 0.6 is 0 Å². The number of sulfonamides is 1. The van der Waals surface area contributed by atoms with Crippen LogP contribution in [0.2, 0.25) is 0 Å². The highest BCUT2D eigenvalue weighted by Gasteiger charge is 2.42. The fourth-order valence-corrected chi connectivity index (χ4v) is 4.23. The molecule has 2 heterocycles. The summed E-state index contributed by atoms with van der Waals surface area (Å²) in [6.45, 7) is 6.19. The normalized spacial score (nSPS) is 22.1. The second-order valence-electron chi connectivity index (χ2n) is 8.09. The minimum absolute atomic E-state index is 0.0948. The summed E-state index contributed by atoms with van der Waals surface area (Å²) in [5.74, 6) is 0.567.